The summed E-state index contributed by atoms with van der Waals surface area (Å²) in [6.45, 7) is 6.17. The van der Waals surface area contributed by atoms with Crippen LogP contribution in [0.2, 0.25) is 0 Å². The van der Waals surface area contributed by atoms with Gasteiger partial charge in [-0.25, -0.2) is 4.98 Å². The molecule has 1 aliphatic rings. The molecule has 19 heavy (non-hydrogen) atoms. The van der Waals surface area contributed by atoms with Crippen molar-refractivity contribution < 1.29 is 4.79 Å². The van der Waals surface area contributed by atoms with Gasteiger partial charge in [-0.2, -0.15) is 0 Å². The van der Waals surface area contributed by atoms with Crippen LogP contribution in [0.5, 0.6) is 0 Å². The minimum Gasteiger partial charge on any atom is -0.357 e. The predicted octanol–water partition coefficient (Wildman–Crippen LogP) is 3.04. The summed E-state index contributed by atoms with van der Waals surface area (Å²) in [4.78, 5) is 18.4. The first-order chi connectivity index (χ1) is 9.08. The van der Waals surface area contributed by atoms with E-state index in [4.69, 9.17) is 0 Å². The van der Waals surface area contributed by atoms with Crippen molar-refractivity contribution in [2.45, 2.75) is 31.5 Å². The minimum atomic E-state index is -0.175. The third-order valence-corrected chi connectivity index (χ3v) is 4.75. The van der Waals surface area contributed by atoms with E-state index in [0.717, 1.165) is 24.6 Å². The van der Waals surface area contributed by atoms with Crippen LogP contribution >= 0.6 is 15.9 Å². The Bertz CT molecular complexity index is 427. The molecule has 0 saturated carbocycles. The van der Waals surface area contributed by atoms with Gasteiger partial charge >= 0.3 is 0 Å². The lowest BCUT2D eigenvalue weighted by atomic mass is 10.1. The van der Waals surface area contributed by atoms with Crippen molar-refractivity contribution in [1.29, 1.82) is 0 Å². The summed E-state index contributed by atoms with van der Waals surface area (Å²) < 4.78 is 0. The number of halogens is 1. The fourth-order valence-electron chi connectivity index (χ4n) is 2.11. The number of nitrogens with zero attached hydrogens (tertiary/aromatic N) is 2. The quantitative estimate of drug-likeness (QED) is 0.865. The number of alkyl halides is 1. The van der Waals surface area contributed by atoms with Crippen molar-refractivity contribution in [3.63, 3.8) is 0 Å². The zero-order chi connectivity index (χ0) is 13.8. The van der Waals surface area contributed by atoms with Crippen molar-refractivity contribution in [2.24, 2.45) is 5.92 Å². The van der Waals surface area contributed by atoms with E-state index in [1.807, 2.05) is 26.0 Å². The number of hydrogen-bond acceptors (Lipinski definition) is 3. The zero-order valence-corrected chi connectivity index (χ0v) is 13.0. The van der Waals surface area contributed by atoms with Gasteiger partial charge in [0.15, 0.2) is 0 Å². The molecule has 1 aliphatic heterocycles. The van der Waals surface area contributed by atoms with Gasteiger partial charge in [-0.15, -0.1) is 0 Å². The van der Waals surface area contributed by atoms with E-state index in [-0.39, 0.29) is 16.7 Å². The number of rotatable bonds is 4. The van der Waals surface area contributed by atoms with E-state index in [1.54, 1.807) is 6.20 Å². The lowest BCUT2D eigenvalue weighted by molar-refractivity contribution is -0.116. The number of carbonyl (C=O) groups is 1. The van der Waals surface area contributed by atoms with E-state index in [0.29, 0.717) is 0 Å². The third-order valence-electron chi connectivity index (χ3n) is 3.28. The molecule has 5 heteroatoms. The average Bonchev–Trinajstić information content (AvgIpc) is 2.92. The molecule has 2 rings (SSSR count). The molecule has 1 fully saturated rings. The smallest absolute Gasteiger partial charge is 0.238 e. The van der Waals surface area contributed by atoms with Crippen LogP contribution in [0.25, 0.3) is 0 Å². The van der Waals surface area contributed by atoms with Gasteiger partial charge in [0, 0.05) is 13.1 Å². The van der Waals surface area contributed by atoms with Crippen molar-refractivity contribution in [2.75, 3.05) is 23.3 Å². The highest BCUT2D eigenvalue weighted by Crippen LogP contribution is 2.20. The van der Waals surface area contributed by atoms with Crippen LogP contribution in [-0.4, -0.2) is 28.8 Å². The standard InChI is InChI=1S/C14H20BrN3O/c1-10(2)13(15)14(19)17-11-5-6-12(16-9-11)18-7-3-4-8-18/h5-6,9-10,13H,3-4,7-8H2,1-2H3,(H,17,19). The largest absolute Gasteiger partial charge is 0.357 e. The molecule has 0 spiro atoms. The van der Waals surface area contributed by atoms with Crippen LogP contribution in [0.15, 0.2) is 18.3 Å². The fourth-order valence-corrected chi connectivity index (χ4v) is 2.22. The lowest BCUT2D eigenvalue weighted by Gasteiger charge is -2.17. The van der Waals surface area contributed by atoms with E-state index in [9.17, 15) is 4.79 Å². The molecule has 1 N–H and O–H groups in total. The molecular weight excluding hydrogens is 306 g/mol. The van der Waals surface area contributed by atoms with Gasteiger partial charge in [0.2, 0.25) is 5.91 Å². The first kappa shape index (κ1) is 14.3. The SMILES string of the molecule is CC(C)C(Br)C(=O)Nc1ccc(N2CCCC2)nc1. The molecule has 2 heterocycles. The van der Waals surface area contributed by atoms with E-state index < -0.39 is 0 Å². The number of aromatic nitrogens is 1. The van der Waals surface area contributed by atoms with Crippen molar-refractivity contribution >= 4 is 33.3 Å². The minimum absolute atomic E-state index is 0.0225. The molecular formula is C14H20BrN3O. The lowest BCUT2D eigenvalue weighted by Crippen LogP contribution is -2.27. The van der Waals surface area contributed by atoms with Gasteiger partial charge in [-0.3, -0.25) is 4.79 Å². The molecule has 1 amide bonds. The highest BCUT2D eigenvalue weighted by molar-refractivity contribution is 9.10. The molecule has 1 atom stereocenters. The van der Waals surface area contributed by atoms with Gasteiger partial charge in [0.25, 0.3) is 0 Å². The molecule has 4 nitrogen and oxygen atoms in total. The van der Waals surface area contributed by atoms with E-state index in [1.165, 1.54) is 12.8 Å². The maximum absolute atomic E-state index is 11.9. The summed E-state index contributed by atoms with van der Waals surface area (Å²) in [6.07, 6.45) is 4.20. The van der Waals surface area contributed by atoms with E-state index >= 15 is 0 Å². The topological polar surface area (TPSA) is 45.2 Å². The Labute approximate surface area is 122 Å². The Kier molecular flexibility index (Phi) is 4.80. The van der Waals surface area contributed by atoms with Crippen molar-refractivity contribution in [3.05, 3.63) is 18.3 Å². The molecule has 1 saturated heterocycles. The highest BCUT2D eigenvalue weighted by Gasteiger charge is 2.19. The second-order valence-electron chi connectivity index (χ2n) is 5.23. The van der Waals surface area contributed by atoms with E-state index in [2.05, 4.69) is 31.1 Å². The second kappa shape index (κ2) is 6.37. The van der Waals surface area contributed by atoms with Crippen molar-refractivity contribution in [3.8, 4) is 0 Å². The molecule has 0 aliphatic carbocycles. The van der Waals surface area contributed by atoms with Crippen LogP contribution in [-0.2, 0) is 4.79 Å². The summed E-state index contributed by atoms with van der Waals surface area (Å²) >= 11 is 3.39. The van der Waals surface area contributed by atoms with Gasteiger partial charge in [-0.05, 0) is 30.9 Å². The number of carbonyl (C=O) groups excluding carboxylic acids is 1. The van der Waals surface area contributed by atoms with Crippen LogP contribution in [0.3, 0.4) is 0 Å². The Balaban J connectivity index is 1.96. The normalized spacial score (nSPS) is 16.7. The van der Waals surface area contributed by atoms with Crippen LogP contribution in [0, 0.1) is 5.92 Å². The Morgan fingerprint density at radius 2 is 2.05 bits per heavy atom. The zero-order valence-electron chi connectivity index (χ0n) is 11.4. The molecule has 104 valence electrons. The molecule has 1 aromatic rings. The monoisotopic (exact) mass is 325 g/mol. The predicted molar refractivity (Wildman–Crippen MR) is 81.9 cm³/mol. The third kappa shape index (κ3) is 3.69. The first-order valence-corrected chi connectivity index (χ1v) is 7.65. The summed E-state index contributed by atoms with van der Waals surface area (Å²) in [5.41, 5.74) is 0.748. The summed E-state index contributed by atoms with van der Waals surface area (Å²) in [5, 5.41) is 2.87. The number of hydrogen-bond donors (Lipinski definition) is 1. The maximum Gasteiger partial charge on any atom is 0.238 e. The van der Waals surface area contributed by atoms with Crippen LogP contribution < -0.4 is 10.2 Å². The van der Waals surface area contributed by atoms with Gasteiger partial charge in [0.1, 0.15) is 5.82 Å². The first-order valence-electron chi connectivity index (χ1n) is 6.74. The fraction of sp³-hybridized carbons (Fsp3) is 0.571. The highest BCUT2D eigenvalue weighted by atomic mass is 79.9. The Hall–Kier alpha value is -1.10. The number of nitrogens with one attached hydrogen (secondary N) is 1. The van der Waals surface area contributed by atoms with Gasteiger partial charge in [0.05, 0.1) is 16.7 Å². The summed E-state index contributed by atoms with van der Waals surface area (Å²) in [7, 11) is 0. The molecule has 0 aromatic carbocycles. The summed E-state index contributed by atoms with van der Waals surface area (Å²) in [5.74, 6) is 1.23. The number of amides is 1. The average molecular weight is 326 g/mol. The van der Waals surface area contributed by atoms with Crippen LogP contribution in [0.1, 0.15) is 26.7 Å². The molecule has 0 bridgehead atoms. The Morgan fingerprint density at radius 1 is 1.37 bits per heavy atom. The summed E-state index contributed by atoms with van der Waals surface area (Å²) in [6, 6.07) is 3.89. The molecule has 1 unspecified atom stereocenters. The maximum atomic E-state index is 11.9. The number of anilines is 2. The van der Waals surface area contributed by atoms with Crippen molar-refractivity contribution in [1.82, 2.24) is 4.98 Å². The van der Waals surface area contributed by atoms with Gasteiger partial charge in [-0.1, -0.05) is 29.8 Å². The van der Waals surface area contributed by atoms with Gasteiger partial charge < -0.3 is 10.2 Å². The second-order valence-corrected chi connectivity index (χ2v) is 6.22. The Morgan fingerprint density at radius 3 is 2.58 bits per heavy atom. The van der Waals surface area contributed by atoms with Crippen LogP contribution in [0.4, 0.5) is 11.5 Å². The number of pyridine rings is 1. The molecule has 0 radical (unpaired) electrons. The molecule has 1 aromatic heterocycles.